The highest BCUT2D eigenvalue weighted by Gasteiger charge is 1.99. The van der Waals surface area contributed by atoms with E-state index < -0.39 is 0 Å². The van der Waals surface area contributed by atoms with Gasteiger partial charge in [-0.25, -0.2) is 0 Å². The molecule has 2 aromatic rings. The van der Waals surface area contributed by atoms with Crippen molar-refractivity contribution in [3.8, 4) is 5.75 Å². The Labute approximate surface area is 105 Å². The van der Waals surface area contributed by atoms with Crippen molar-refractivity contribution in [3.05, 3.63) is 34.3 Å². The highest BCUT2D eigenvalue weighted by atomic mass is 32.1. The van der Waals surface area contributed by atoms with Gasteiger partial charge in [-0.3, -0.25) is 4.68 Å². The third kappa shape index (κ3) is 3.57. The van der Waals surface area contributed by atoms with Gasteiger partial charge in [-0.1, -0.05) is 0 Å². The average Bonchev–Trinajstić information content (AvgIpc) is 2.88. The van der Waals surface area contributed by atoms with Gasteiger partial charge >= 0.3 is 0 Å². The Bertz CT molecular complexity index is 464. The molecule has 0 unspecified atom stereocenters. The second-order valence-corrected chi connectivity index (χ2v) is 4.90. The van der Waals surface area contributed by atoms with Crippen LogP contribution < -0.4 is 10.1 Å². The molecule has 0 saturated heterocycles. The molecule has 0 spiro atoms. The number of nitrogens with one attached hydrogen (secondary N) is 1. The Hall–Kier alpha value is -1.33. The van der Waals surface area contributed by atoms with Gasteiger partial charge in [-0.15, -0.1) is 11.3 Å². The van der Waals surface area contributed by atoms with E-state index in [-0.39, 0.29) is 0 Å². The number of nitrogens with zero attached hydrogens (tertiary/aromatic N) is 2. The molecule has 0 saturated carbocycles. The molecule has 1 N–H and O–H groups in total. The quantitative estimate of drug-likeness (QED) is 0.798. The predicted octanol–water partition coefficient (Wildman–Crippen LogP) is 1.96. The van der Waals surface area contributed by atoms with Crippen molar-refractivity contribution in [1.29, 1.82) is 0 Å². The lowest BCUT2D eigenvalue weighted by atomic mass is 10.3. The fraction of sp³-hybridized carbons (Fsp3) is 0.417. The summed E-state index contributed by atoms with van der Waals surface area (Å²) in [6.45, 7) is 4.56. The minimum absolute atomic E-state index is 0.663. The minimum atomic E-state index is 0.663. The van der Waals surface area contributed by atoms with Crippen LogP contribution >= 0.6 is 11.3 Å². The topological polar surface area (TPSA) is 39.1 Å². The summed E-state index contributed by atoms with van der Waals surface area (Å²) < 4.78 is 7.27. The van der Waals surface area contributed by atoms with E-state index in [9.17, 15) is 0 Å². The average molecular weight is 251 g/mol. The smallest absolute Gasteiger partial charge is 0.157 e. The molecule has 2 aromatic heterocycles. The van der Waals surface area contributed by atoms with Crippen LogP contribution in [0.25, 0.3) is 0 Å². The van der Waals surface area contributed by atoms with E-state index >= 15 is 0 Å². The fourth-order valence-corrected chi connectivity index (χ4v) is 2.38. The first-order chi connectivity index (χ1) is 8.25. The van der Waals surface area contributed by atoms with E-state index in [1.807, 2.05) is 13.2 Å². The number of rotatable bonds is 6. The molecule has 4 nitrogen and oxygen atoms in total. The summed E-state index contributed by atoms with van der Waals surface area (Å²) in [5, 5.41) is 9.53. The van der Waals surface area contributed by atoms with Gasteiger partial charge in [-0.2, -0.15) is 5.10 Å². The molecule has 0 amide bonds. The number of hydrogen-bond acceptors (Lipinski definition) is 4. The van der Waals surface area contributed by atoms with Gasteiger partial charge in [0.05, 0.1) is 12.4 Å². The second kappa shape index (κ2) is 5.84. The Morgan fingerprint density at radius 3 is 3.06 bits per heavy atom. The van der Waals surface area contributed by atoms with Gasteiger partial charge in [0, 0.05) is 25.0 Å². The molecule has 0 bridgehead atoms. The van der Waals surface area contributed by atoms with Crippen LogP contribution in [0.15, 0.2) is 23.8 Å². The summed E-state index contributed by atoms with van der Waals surface area (Å²) in [5.74, 6) is 0.821. The zero-order valence-electron chi connectivity index (χ0n) is 10.1. The third-order valence-corrected chi connectivity index (χ3v) is 3.51. The minimum Gasteiger partial charge on any atom is -0.489 e. The van der Waals surface area contributed by atoms with Crippen LogP contribution in [-0.4, -0.2) is 22.9 Å². The van der Waals surface area contributed by atoms with Crippen LogP contribution in [0.5, 0.6) is 5.75 Å². The molecule has 0 fully saturated rings. The van der Waals surface area contributed by atoms with Crippen LogP contribution in [0.3, 0.4) is 0 Å². The number of thiophene rings is 1. The Morgan fingerprint density at radius 2 is 2.41 bits per heavy atom. The van der Waals surface area contributed by atoms with E-state index in [0.29, 0.717) is 6.61 Å². The highest BCUT2D eigenvalue weighted by Crippen LogP contribution is 2.14. The van der Waals surface area contributed by atoms with Crippen LogP contribution in [-0.2, 0) is 13.6 Å². The predicted molar refractivity (Wildman–Crippen MR) is 69.5 cm³/mol. The second-order valence-electron chi connectivity index (χ2n) is 3.90. The van der Waals surface area contributed by atoms with Gasteiger partial charge in [0.15, 0.2) is 5.75 Å². The Morgan fingerprint density at radius 1 is 1.53 bits per heavy atom. The van der Waals surface area contributed by atoms with Crippen LogP contribution in [0.1, 0.15) is 10.4 Å². The lowest BCUT2D eigenvalue weighted by Crippen LogP contribution is -2.20. The molecule has 2 heterocycles. The first kappa shape index (κ1) is 12.1. The van der Waals surface area contributed by atoms with E-state index in [0.717, 1.165) is 18.8 Å². The summed E-state index contributed by atoms with van der Waals surface area (Å²) in [4.78, 5) is 1.39. The Kier molecular flexibility index (Phi) is 4.17. The van der Waals surface area contributed by atoms with Crippen molar-refractivity contribution < 1.29 is 4.74 Å². The SMILES string of the molecule is Cc1ccsc1CNCCOc1cnn(C)c1. The van der Waals surface area contributed by atoms with Crippen molar-refractivity contribution in [1.82, 2.24) is 15.1 Å². The number of aryl methyl sites for hydroxylation is 2. The first-order valence-electron chi connectivity index (χ1n) is 5.61. The lowest BCUT2D eigenvalue weighted by Gasteiger charge is -2.05. The summed E-state index contributed by atoms with van der Waals surface area (Å²) in [7, 11) is 1.88. The molecule has 0 aliphatic rings. The van der Waals surface area contributed by atoms with Crippen LogP contribution in [0.2, 0.25) is 0 Å². The van der Waals surface area contributed by atoms with Crippen LogP contribution in [0.4, 0.5) is 0 Å². The zero-order chi connectivity index (χ0) is 12.1. The van der Waals surface area contributed by atoms with Crippen molar-refractivity contribution in [2.24, 2.45) is 7.05 Å². The fourth-order valence-electron chi connectivity index (χ4n) is 1.50. The summed E-state index contributed by atoms with van der Waals surface area (Å²) in [6.07, 6.45) is 3.59. The first-order valence-corrected chi connectivity index (χ1v) is 6.49. The maximum absolute atomic E-state index is 5.53. The number of aromatic nitrogens is 2. The molecule has 0 aliphatic carbocycles. The molecule has 17 heavy (non-hydrogen) atoms. The van der Waals surface area contributed by atoms with E-state index in [1.54, 1.807) is 22.2 Å². The summed E-state index contributed by atoms with van der Waals surface area (Å²) in [6, 6.07) is 2.15. The van der Waals surface area contributed by atoms with Gasteiger partial charge in [-0.05, 0) is 23.9 Å². The maximum Gasteiger partial charge on any atom is 0.157 e. The zero-order valence-corrected chi connectivity index (χ0v) is 11.0. The number of ether oxygens (including phenoxy) is 1. The molecule has 0 aromatic carbocycles. The molecular weight excluding hydrogens is 234 g/mol. The van der Waals surface area contributed by atoms with Gasteiger partial charge in [0.25, 0.3) is 0 Å². The summed E-state index contributed by atoms with van der Waals surface area (Å²) in [5.41, 5.74) is 1.36. The summed E-state index contributed by atoms with van der Waals surface area (Å²) >= 11 is 1.79. The van der Waals surface area contributed by atoms with Crippen molar-refractivity contribution in [3.63, 3.8) is 0 Å². The normalized spacial score (nSPS) is 10.7. The molecule has 0 radical (unpaired) electrons. The maximum atomic E-state index is 5.53. The van der Waals surface area contributed by atoms with E-state index in [1.165, 1.54) is 10.4 Å². The highest BCUT2D eigenvalue weighted by molar-refractivity contribution is 7.10. The van der Waals surface area contributed by atoms with Gasteiger partial charge in [0.1, 0.15) is 6.61 Å². The largest absolute Gasteiger partial charge is 0.489 e. The molecule has 0 atom stereocenters. The molecule has 0 aliphatic heterocycles. The number of hydrogen-bond donors (Lipinski definition) is 1. The van der Waals surface area contributed by atoms with Gasteiger partial charge < -0.3 is 10.1 Å². The van der Waals surface area contributed by atoms with Gasteiger partial charge in [0.2, 0.25) is 0 Å². The lowest BCUT2D eigenvalue weighted by molar-refractivity contribution is 0.313. The molecular formula is C12H17N3OS. The van der Waals surface area contributed by atoms with E-state index in [4.69, 9.17) is 4.74 Å². The molecule has 5 heteroatoms. The van der Waals surface area contributed by atoms with Crippen molar-refractivity contribution in [2.75, 3.05) is 13.2 Å². The standard InChI is InChI=1S/C12H17N3OS/c1-10-3-6-17-12(10)8-13-4-5-16-11-7-14-15(2)9-11/h3,6-7,9,13H,4-5,8H2,1-2H3. The molecule has 92 valence electrons. The monoisotopic (exact) mass is 251 g/mol. The van der Waals surface area contributed by atoms with Crippen molar-refractivity contribution in [2.45, 2.75) is 13.5 Å². The van der Waals surface area contributed by atoms with Crippen LogP contribution in [0, 0.1) is 6.92 Å². The third-order valence-electron chi connectivity index (χ3n) is 2.48. The Balaban J connectivity index is 1.62. The van der Waals surface area contributed by atoms with Crippen molar-refractivity contribution >= 4 is 11.3 Å². The van der Waals surface area contributed by atoms with E-state index in [2.05, 4.69) is 28.8 Å². The molecule has 2 rings (SSSR count).